The molecule has 3 heterocycles. The van der Waals surface area contributed by atoms with Crippen LogP contribution in [0.3, 0.4) is 0 Å². The number of alkyl halides is 3. The van der Waals surface area contributed by atoms with Crippen molar-refractivity contribution in [1.82, 2.24) is 9.88 Å². The lowest BCUT2D eigenvalue weighted by atomic mass is 10.1. The normalized spacial score (nSPS) is 15.5. The van der Waals surface area contributed by atoms with Crippen LogP contribution >= 0.6 is 11.3 Å². The van der Waals surface area contributed by atoms with Gasteiger partial charge in [0.1, 0.15) is 6.10 Å². The van der Waals surface area contributed by atoms with Crippen LogP contribution in [0.4, 0.5) is 13.2 Å². The Morgan fingerprint density at radius 1 is 1.38 bits per heavy atom. The van der Waals surface area contributed by atoms with Crippen LogP contribution < -0.4 is 4.74 Å². The minimum Gasteiger partial charge on any atom is -0.471 e. The number of amides is 1. The van der Waals surface area contributed by atoms with Crippen molar-refractivity contribution in [1.29, 1.82) is 0 Å². The number of rotatable bonds is 4. The molecule has 3 rings (SSSR count). The second kappa shape index (κ2) is 6.64. The van der Waals surface area contributed by atoms with E-state index in [4.69, 9.17) is 4.74 Å². The summed E-state index contributed by atoms with van der Waals surface area (Å²) in [6.45, 7) is 0.650. The number of likely N-dealkylation sites (tertiary alicyclic amines) is 1. The van der Waals surface area contributed by atoms with Gasteiger partial charge in [0.15, 0.2) is 0 Å². The van der Waals surface area contributed by atoms with Gasteiger partial charge in [0.25, 0.3) is 0 Å². The zero-order valence-corrected chi connectivity index (χ0v) is 13.2. The Hall–Kier alpha value is -2.35. The molecular formula is C16H13F3N2O2S. The van der Waals surface area contributed by atoms with E-state index >= 15 is 0 Å². The Kier molecular flexibility index (Phi) is 4.57. The van der Waals surface area contributed by atoms with E-state index in [1.54, 1.807) is 11.0 Å². The molecule has 1 aliphatic rings. The van der Waals surface area contributed by atoms with Crippen LogP contribution in [-0.4, -0.2) is 35.0 Å². The van der Waals surface area contributed by atoms with E-state index < -0.39 is 11.7 Å². The zero-order valence-electron chi connectivity index (χ0n) is 12.4. The molecule has 0 spiro atoms. The summed E-state index contributed by atoms with van der Waals surface area (Å²) in [4.78, 5) is 18.2. The molecule has 0 unspecified atom stereocenters. The number of aromatic nitrogens is 1. The smallest absolute Gasteiger partial charge is 0.416 e. The summed E-state index contributed by atoms with van der Waals surface area (Å²) >= 11 is 1.53. The van der Waals surface area contributed by atoms with Gasteiger partial charge in [-0.3, -0.25) is 4.79 Å². The number of pyridine rings is 1. The van der Waals surface area contributed by atoms with Crippen molar-refractivity contribution in [3.05, 3.63) is 52.4 Å². The Morgan fingerprint density at radius 3 is 2.83 bits per heavy atom. The van der Waals surface area contributed by atoms with Gasteiger partial charge in [-0.1, -0.05) is 6.07 Å². The first-order valence-corrected chi connectivity index (χ1v) is 8.00. The van der Waals surface area contributed by atoms with Crippen molar-refractivity contribution in [3.8, 4) is 5.88 Å². The van der Waals surface area contributed by atoms with Gasteiger partial charge in [-0.25, -0.2) is 4.98 Å². The molecule has 0 atom stereocenters. The van der Waals surface area contributed by atoms with Gasteiger partial charge in [0.2, 0.25) is 11.8 Å². The van der Waals surface area contributed by atoms with Gasteiger partial charge in [-0.15, -0.1) is 11.3 Å². The maximum Gasteiger partial charge on any atom is 0.416 e. The summed E-state index contributed by atoms with van der Waals surface area (Å²) in [5, 5.41) is 1.92. The average molecular weight is 354 g/mol. The Labute approximate surface area is 140 Å². The Bertz CT molecular complexity index is 738. The van der Waals surface area contributed by atoms with Crippen LogP contribution in [0.5, 0.6) is 5.88 Å². The number of nitrogens with zero attached hydrogens (tertiary/aromatic N) is 2. The summed E-state index contributed by atoms with van der Waals surface area (Å²) in [6, 6.07) is 5.54. The van der Waals surface area contributed by atoms with E-state index in [0.29, 0.717) is 13.1 Å². The molecule has 2 aromatic heterocycles. The van der Waals surface area contributed by atoms with Crippen molar-refractivity contribution >= 4 is 23.3 Å². The second-order valence-corrected chi connectivity index (χ2v) is 6.19. The number of carbonyl (C=O) groups is 1. The molecule has 0 bridgehead atoms. The lowest BCUT2D eigenvalue weighted by molar-refractivity contribution is -0.137. The number of ether oxygens (including phenoxy) is 1. The summed E-state index contributed by atoms with van der Waals surface area (Å²) in [5.41, 5.74) is -0.807. The third-order valence-corrected chi connectivity index (χ3v) is 4.28. The van der Waals surface area contributed by atoms with Gasteiger partial charge in [0, 0.05) is 23.2 Å². The molecule has 0 radical (unpaired) electrons. The zero-order chi connectivity index (χ0) is 17.2. The van der Waals surface area contributed by atoms with Crippen molar-refractivity contribution in [3.63, 3.8) is 0 Å². The summed E-state index contributed by atoms with van der Waals surface area (Å²) in [5.74, 6) is -0.240. The van der Waals surface area contributed by atoms with Gasteiger partial charge >= 0.3 is 6.18 Å². The first-order chi connectivity index (χ1) is 11.4. The first kappa shape index (κ1) is 16.5. The predicted molar refractivity (Wildman–Crippen MR) is 83.6 cm³/mol. The molecule has 2 aromatic rings. The third-order valence-electron chi connectivity index (χ3n) is 3.44. The Morgan fingerprint density at radius 2 is 2.17 bits per heavy atom. The SMILES string of the molecule is O=C(/C=C/c1cccs1)N1CC(Oc2cc(C(F)(F)F)ccn2)C1. The fraction of sp³-hybridized carbons (Fsp3) is 0.250. The van der Waals surface area contributed by atoms with Gasteiger partial charge < -0.3 is 9.64 Å². The highest BCUT2D eigenvalue weighted by atomic mass is 32.1. The van der Waals surface area contributed by atoms with Crippen molar-refractivity contribution in [2.24, 2.45) is 0 Å². The maximum atomic E-state index is 12.6. The van der Waals surface area contributed by atoms with Crippen molar-refractivity contribution < 1.29 is 22.7 Å². The number of thiophene rings is 1. The highest BCUT2D eigenvalue weighted by Gasteiger charge is 2.33. The summed E-state index contributed by atoms with van der Waals surface area (Å²) < 4.78 is 43.3. The molecular weight excluding hydrogens is 341 g/mol. The van der Waals surface area contributed by atoms with Crippen LogP contribution in [0.2, 0.25) is 0 Å². The molecule has 0 N–H and O–H groups in total. The molecule has 1 fully saturated rings. The van der Waals surface area contributed by atoms with Gasteiger partial charge in [-0.2, -0.15) is 13.2 Å². The van der Waals surface area contributed by atoms with Crippen molar-refractivity contribution in [2.45, 2.75) is 12.3 Å². The lowest BCUT2D eigenvalue weighted by Gasteiger charge is -2.38. The van der Waals surface area contributed by atoms with Gasteiger partial charge in [-0.05, 0) is 23.6 Å². The third kappa shape index (κ3) is 3.94. The number of hydrogen-bond acceptors (Lipinski definition) is 4. The summed E-state index contributed by atoms with van der Waals surface area (Å²) in [6.07, 6.45) is -0.515. The van der Waals surface area contributed by atoms with Crippen LogP contribution in [0.1, 0.15) is 10.4 Å². The molecule has 24 heavy (non-hydrogen) atoms. The molecule has 0 aliphatic carbocycles. The fourth-order valence-electron chi connectivity index (χ4n) is 2.16. The number of hydrogen-bond donors (Lipinski definition) is 0. The van der Waals surface area contributed by atoms with Crippen molar-refractivity contribution in [2.75, 3.05) is 13.1 Å². The number of carbonyl (C=O) groups excluding carboxylic acids is 1. The van der Waals surface area contributed by atoms with E-state index in [1.165, 1.54) is 17.4 Å². The van der Waals surface area contributed by atoms with E-state index in [-0.39, 0.29) is 17.9 Å². The van der Waals surface area contributed by atoms with E-state index in [2.05, 4.69) is 4.98 Å². The molecule has 126 valence electrons. The lowest BCUT2D eigenvalue weighted by Crippen LogP contribution is -2.55. The minimum atomic E-state index is -4.44. The molecule has 0 saturated carbocycles. The van der Waals surface area contributed by atoms with Crippen LogP contribution in [0, 0.1) is 0 Å². The fourth-order valence-corrected chi connectivity index (χ4v) is 2.78. The maximum absolute atomic E-state index is 12.6. The molecule has 1 aliphatic heterocycles. The average Bonchev–Trinajstić information content (AvgIpc) is 3.01. The molecule has 0 aromatic carbocycles. The standard InChI is InChI=1S/C16H13F3N2O2S/c17-16(18,19)11-5-6-20-14(8-11)23-12-9-21(10-12)15(22)4-3-13-2-1-7-24-13/h1-8,12H,9-10H2/b4-3+. The molecule has 8 heteroatoms. The second-order valence-electron chi connectivity index (χ2n) is 5.21. The molecule has 1 amide bonds. The quantitative estimate of drug-likeness (QED) is 0.790. The molecule has 1 saturated heterocycles. The topological polar surface area (TPSA) is 42.4 Å². The van der Waals surface area contributed by atoms with Crippen LogP contribution in [-0.2, 0) is 11.0 Å². The Balaban J connectivity index is 1.51. The number of halogens is 3. The largest absolute Gasteiger partial charge is 0.471 e. The van der Waals surface area contributed by atoms with E-state index in [9.17, 15) is 18.0 Å². The first-order valence-electron chi connectivity index (χ1n) is 7.12. The summed E-state index contributed by atoms with van der Waals surface area (Å²) in [7, 11) is 0. The monoisotopic (exact) mass is 354 g/mol. The molecule has 4 nitrogen and oxygen atoms in total. The highest BCUT2D eigenvalue weighted by molar-refractivity contribution is 7.10. The van der Waals surface area contributed by atoms with Crippen LogP contribution in [0.15, 0.2) is 41.9 Å². The minimum absolute atomic E-state index is 0.0870. The van der Waals surface area contributed by atoms with E-state index in [0.717, 1.165) is 23.2 Å². The van der Waals surface area contributed by atoms with Gasteiger partial charge in [0.05, 0.1) is 18.7 Å². The highest BCUT2D eigenvalue weighted by Crippen LogP contribution is 2.31. The predicted octanol–water partition coefficient (Wildman–Crippen LogP) is 3.46. The van der Waals surface area contributed by atoms with E-state index in [1.807, 2.05) is 17.5 Å². The van der Waals surface area contributed by atoms with Crippen LogP contribution in [0.25, 0.3) is 6.08 Å².